The van der Waals surface area contributed by atoms with Crippen LogP contribution in [0.3, 0.4) is 0 Å². The van der Waals surface area contributed by atoms with Crippen molar-refractivity contribution in [3.05, 3.63) is 35.4 Å². The summed E-state index contributed by atoms with van der Waals surface area (Å²) in [5, 5.41) is 8.78. The van der Waals surface area contributed by atoms with Gasteiger partial charge in [-0.2, -0.15) is 5.26 Å². The van der Waals surface area contributed by atoms with Crippen LogP contribution in [0.1, 0.15) is 44.9 Å². The van der Waals surface area contributed by atoms with Crippen LogP contribution in [0, 0.1) is 11.3 Å². The van der Waals surface area contributed by atoms with Crippen LogP contribution in [0.5, 0.6) is 0 Å². The number of rotatable bonds is 4. The van der Waals surface area contributed by atoms with Crippen molar-refractivity contribution in [2.75, 3.05) is 13.6 Å². The number of nitriles is 1. The molecule has 0 saturated carbocycles. The van der Waals surface area contributed by atoms with Crippen molar-refractivity contribution < 1.29 is 9.53 Å². The number of carbonyl (C=O) groups is 1. The number of esters is 1. The Kier molecular flexibility index (Phi) is 5.29. The van der Waals surface area contributed by atoms with Gasteiger partial charge in [0.25, 0.3) is 0 Å². The van der Waals surface area contributed by atoms with E-state index in [0.29, 0.717) is 5.56 Å². The molecule has 0 unspecified atom stereocenters. The van der Waals surface area contributed by atoms with Crippen molar-refractivity contribution in [2.24, 2.45) is 0 Å². The third-order valence-corrected chi connectivity index (χ3v) is 2.98. The van der Waals surface area contributed by atoms with Crippen molar-refractivity contribution in [1.82, 2.24) is 4.90 Å². The predicted molar refractivity (Wildman–Crippen MR) is 78.0 cm³/mol. The zero-order valence-corrected chi connectivity index (χ0v) is 12.8. The summed E-state index contributed by atoms with van der Waals surface area (Å²) in [5.74, 6) is -0.236. The topological polar surface area (TPSA) is 53.3 Å². The third kappa shape index (κ3) is 5.02. The molecule has 0 spiro atoms. The highest BCUT2D eigenvalue weighted by Crippen LogP contribution is 2.19. The molecule has 4 nitrogen and oxygen atoms in total. The van der Waals surface area contributed by atoms with Gasteiger partial charge in [0, 0.05) is 6.04 Å². The van der Waals surface area contributed by atoms with Crippen LogP contribution >= 0.6 is 0 Å². The van der Waals surface area contributed by atoms with Gasteiger partial charge in [0.1, 0.15) is 5.60 Å². The minimum atomic E-state index is -0.463. The molecule has 0 aliphatic heterocycles. The molecule has 0 aliphatic rings. The number of benzene rings is 1. The molecule has 1 aromatic carbocycles. The molecule has 0 bridgehead atoms. The van der Waals surface area contributed by atoms with E-state index in [1.54, 1.807) is 12.1 Å². The fourth-order valence-electron chi connectivity index (χ4n) is 1.80. The molecular formula is C16H22N2O2. The second-order valence-electron chi connectivity index (χ2n) is 5.91. The highest BCUT2D eigenvalue weighted by molar-refractivity contribution is 5.72. The van der Waals surface area contributed by atoms with Gasteiger partial charge in [-0.15, -0.1) is 0 Å². The average Bonchev–Trinajstić information content (AvgIpc) is 2.35. The van der Waals surface area contributed by atoms with Gasteiger partial charge in [-0.1, -0.05) is 12.1 Å². The lowest BCUT2D eigenvalue weighted by Crippen LogP contribution is -2.34. The summed E-state index contributed by atoms with van der Waals surface area (Å²) < 4.78 is 5.31. The first-order chi connectivity index (χ1) is 9.23. The van der Waals surface area contributed by atoms with Gasteiger partial charge in [-0.05, 0) is 52.4 Å². The van der Waals surface area contributed by atoms with E-state index in [1.807, 2.05) is 51.8 Å². The Morgan fingerprint density at radius 1 is 1.35 bits per heavy atom. The number of nitrogens with zero attached hydrogens (tertiary/aromatic N) is 2. The third-order valence-electron chi connectivity index (χ3n) is 2.98. The lowest BCUT2D eigenvalue weighted by Gasteiger charge is -2.26. The summed E-state index contributed by atoms with van der Waals surface area (Å²) in [4.78, 5) is 13.7. The average molecular weight is 274 g/mol. The second kappa shape index (κ2) is 6.53. The highest BCUT2D eigenvalue weighted by atomic mass is 16.6. The van der Waals surface area contributed by atoms with Crippen LogP contribution in [-0.4, -0.2) is 30.1 Å². The van der Waals surface area contributed by atoms with Gasteiger partial charge in [0.2, 0.25) is 0 Å². The van der Waals surface area contributed by atoms with Crippen molar-refractivity contribution in [3.8, 4) is 6.07 Å². The van der Waals surface area contributed by atoms with Crippen LogP contribution in [0.4, 0.5) is 0 Å². The predicted octanol–water partition coefficient (Wildman–Crippen LogP) is 2.89. The van der Waals surface area contributed by atoms with Gasteiger partial charge in [0.05, 0.1) is 18.2 Å². The molecule has 4 heteroatoms. The summed E-state index contributed by atoms with van der Waals surface area (Å²) in [6.07, 6.45) is 0. The zero-order chi connectivity index (χ0) is 15.3. The van der Waals surface area contributed by atoms with Crippen LogP contribution in [0.2, 0.25) is 0 Å². The minimum Gasteiger partial charge on any atom is -0.459 e. The fourth-order valence-corrected chi connectivity index (χ4v) is 1.80. The summed E-state index contributed by atoms with van der Waals surface area (Å²) in [5.41, 5.74) is 1.24. The molecule has 108 valence electrons. The molecule has 0 saturated heterocycles. The van der Waals surface area contributed by atoms with E-state index in [-0.39, 0.29) is 18.6 Å². The molecule has 1 rings (SSSR count). The lowest BCUT2D eigenvalue weighted by molar-refractivity contribution is -0.156. The number of hydrogen-bond donors (Lipinski definition) is 0. The van der Waals surface area contributed by atoms with E-state index in [0.717, 1.165) is 5.56 Å². The fraction of sp³-hybridized carbons (Fsp3) is 0.500. The van der Waals surface area contributed by atoms with Crippen molar-refractivity contribution in [2.45, 2.75) is 39.3 Å². The standard InChI is InChI=1S/C16H22N2O2/c1-12(14-8-6-13(10-17)7-9-14)18(5)11-15(19)20-16(2,3)4/h6-9,12H,11H2,1-5H3/t12-/m1/s1. The second-order valence-corrected chi connectivity index (χ2v) is 5.91. The molecule has 0 radical (unpaired) electrons. The number of carbonyl (C=O) groups excluding carboxylic acids is 1. The molecule has 0 aromatic heterocycles. The maximum Gasteiger partial charge on any atom is 0.320 e. The van der Waals surface area contributed by atoms with E-state index < -0.39 is 5.60 Å². The molecule has 0 heterocycles. The normalized spacial score (nSPS) is 12.8. The Morgan fingerprint density at radius 2 is 1.90 bits per heavy atom. The van der Waals surface area contributed by atoms with E-state index in [1.165, 1.54) is 0 Å². The van der Waals surface area contributed by atoms with Gasteiger partial charge in [0.15, 0.2) is 0 Å². The quantitative estimate of drug-likeness (QED) is 0.792. The summed E-state index contributed by atoms with van der Waals surface area (Å²) in [6.45, 7) is 7.82. The number of likely N-dealkylation sites (N-methyl/N-ethyl adjacent to an activating group) is 1. The maximum absolute atomic E-state index is 11.8. The van der Waals surface area contributed by atoms with Crippen molar-refractivity contribution in [3.63, 3.8) is 0 Å². The van der Waals surface area contributed by atoms with Gasteiger partial charge < -0.3 is 4.74 Å². The molecule has 0 fully saturated rings. The SMILES string of the molecule is C[C@H](c1ccc(C#N)cc1)N(C)CC(=O)OC(C)(C)C. The molecule has 0 amide bonds. The van der Waals surface area contributed by atoms with Crippen LogP contribution in [0.25, 0.3) is 0 Å². The monoisotopic (exact) mass is 274 g/mol. The Morgan fingerprint density at radius 3 is 2.35 bits per heavy atom. The first-order valence-corrected chi connectivity index (χ1v) is 6.65. The molecule has 0 aliphatic carbocycles. The van der Waals surface area contributed by atoms with Crippen molar-refractivity contribution in [1.29, 1.82) is 5.26 Å². The van der Waals surface area contributed by atoms with Crippen LogP contribution < -0.4 is 0 Å². The first kappa shape index (κ1) is 16.2. The van der Waals surface area contributed by atoms with Gasteiger partial charge in [-0.25, -0.2) is 0 Å². The Bertz CT molecular complexity index is 495. The summed E-state index contributed by atoms with van der Waals surface area (Å²) in [7, 11) is 1.88. The van der Waals surface area contributed by atoms with Crippen LogP contribution in [0.15, 0.2) is 24.3 Å². The summed E-state index contributed by atoms with van der Waals surface area (Å²) in [6, 6.07) is 9.56. The molecule has 0 N–H and O–H groups in total. The number of ether oxygens (including phenoxy) is 1. The Labute approximate surface area is 121 Å². The zero-order valence-electron chi connectivity index (χ0n) is 12.8. The molecular weight excluding hydrogens is 252 g/mol. The van der Waals surface area contributed by atoms with E-state index in [2.05, 4.69) is 6.07 Å². The minimum absolute atomic E-state index is 0.0789. The largest absolute Gasteiger partial charge is 0.459 e. The Hall–Kier alpha value is -1.86. The maximum atomic E-state index is 11.8. The summed E-state index contributed by atoms with van der Waals surface area (Å²) >= 11 is 0. The molecule has 1 aromatic rings. The van der Waals surface area contributed by atoms with E-state index in [9.17, 15) is 4.79 Å². The smallest absolute Gasteiger partial charge is 0.320 e. The number of hydrogen-bond acceptors (Lipinski definition) is 4. The lowest BCUT2D eigenvalue weighted by atomic mass is 10.1. The van der Waals surface area contributed by atoms with Crippen molar-refractivity contribution >= 4 is 5.97 Å². The van der Waals surface area contributed by atoms with Crippen LogP contribution in [-0.2, 0) is 9.53 Å². The highest BCUT2D eigenvalue weighted by Gasteiger charge is 2.20. The van der Waals surface area contributed by atoms with Gasteiger partial charge in [-0.3, -0.25) is 9.69 Å². The van der Waals surface area contributed by atoms with Gasteiger partial charge >= 0.3 is 5.97 Å². The Balaban J connectivity index is 2.64. The first-order valence-electron chi connectivity index (χ1n) is 6.65. The van der Waals surface area contributed by atoms with E-state index in [4.69, 9.17) is 10.00 Å². The molecule has 20 heavy (non-hydrogen) atoms. The van der Waals surface area contributed by atoms with E-state index >= 15 is 0 Å². The molecule has 1 atom stereocenters.